The van der Waals surface area contributed by atoms with E-state index in [-0.39, 0.29) is 15.3 Å². The van der Waals surface area contributed by atoms with Gasteiger partial charge >= 0.3 is 0 Å². The Kier molecular flexibility index (Phi) is 4.98. The van der Waals surface area contributed by atoms with Crippen LogP contribution in [0.4, 0.5) is 4.39 Å². The normalized spacial score (nSPS) is 11.6. The highest BCUT2D eigenvalue weighted by Crippen LogP contribution is 2.37. The average Bonchev–Trinajstić information content (AvgIpc) is 2.74. The van der Waals surface area contributed by atoms with Gasteiger partial charge in [0.05, 0.1) is 16.9 Å². The fraction of sp³-hybridized carbons (Fsp3) is 0.0455. The summed E-state index contributed by atoms with van der Waals surface area (Å²) < 4.78 is 46.5. The van der Waals surface area contributed by atoms with Crippen molar-refractivity contribution in [2.75, 3.05) is 7.11 Å². The minimum Gasteiger partial charge on any atom is -0.497 e. The molecule has 4 nitrogen and oxygen atoms in total. The zero-order chi connectivity index (χ0) is 20.6. The van der Waals surface area contributed by atoms with E-state index in [4.69, 9.17) is 16.3 Å². The molecule has 0 radical (unpaired) electrons. The molecule has 0 amide bonds. The second-order valence-corrected chi connectivity index (χ2v) is 8.68. The van der Waals surface area contributed by atoms with E-state index in [9.17, 15) is 12.8 Å². The van der Waals surface area contributed by atoms with E-state index in [1.54, 1.807) is 42.5 Å². The fourth-order valence-electron chi connectivity index (χ4n) is 3.18. The van der Waals surface area contributed by atoms with Crippen molar-refractivity contribution in [3.05, 3.63) is 83.8 Å². The number of aromatic nitrogens is 1. The monoisotopic (exact) mass is 427 g/mol. The molecule has 0 spiro atoms. The smallest absolute Gasteiger partial charge is 0.208 e. The topological polar surface area (TPSA) is 56.3 Å². The summed E-state index contributed by atoms with van der Waals surface area (Å²) in [4.78, 5) is 4.15. The summed E-state index contributed by atoms with van der Waals surface area (Å²) in [6.45, 7) is 0. The molecular formula is C22H15ClFNO3S. The van der Waals surface area contributed by atoms with Crippen LogP contribution in [0.15, 0.2) is 82.7 Å². The Balaban J connectivity index is 2.06. The van der Waals surface area contributed by atoms with Gasteiger partial charge in [-0.25, -0.2) is 12.8 Å². The number of sulfone groups is 1. The SMILES string of the molecule is COc1cccc(S(=O)(=O)c2cnc3c(F)cccc3c2-c2ccc(Cl)cc2)c1. The Hall–Kier alpha value is -2.96. The number of halogens is 2. The van der Waals surface area contributed by atoms with E-state index in [0.29, 0.717) is 27.3 Å². The van der Waals surface area contributed by atoms with Gasteiger partial charge in [-0.05, 0) is 42.0 Å². The van der Waals surface area contributed by atoms with Crippen LogP contribution in [0, 0.1) is 5.82 Å². The van der Waals surface area contributed by atoms with Gasteiger partial charge in [0.1, 0.15) is 17.1 Å². The number of hydrogen-bond donors (Lipinski definition) is 0. The van der Waals surface area contributed by atoms with Crippen LogP contribution in [0.25, 0.3) is 22.0 Å². The average molecular weight is 428 g/mol. The fourth-order valence-corrected chi connectivity index (χ4v) is 4.78. The van der Waals surface area contributed by atoms with Gasteiger partial charge in [0.25, 0.3) is 0 Å². The molecule has 0 N–H and O–H groups in total. The summed E-state index contributed by atoms with van der Waals surface area (Å²) >= 11 is 6.00. The van der Waals surface area contributed by atoms with Crippen LogP contribution in [0.3, 0.4) is 0 Å². The molecule has 4 aromatic rings. The lowest BCUT2D eigenvalue weighted by atomic mass is 10.0. The highest BCUT2D eigenvalue weighted by molar-refractivity contribution is 7.91. The number of ether oxygens (including phenoxy) is 1. The molecule has 1 heterocycles. The predicted molar refractivity (Wildman–Crippen MR) is 111 cm³/mol. The summed E-state index contributed by atoms with van der Waals surface area (Å²) in [6, 6.07) is 17.4. The lowest BCUT2D eigenvalue weighted by molar-refractivity contribution is 0.413. The van der Waals surface area contributed by atoms with Gasteiger partial charge in [-0.2, -0.15) is 0 Å². The first-order chi connectivity index (χ1) is 13.9. The van der Waals surface area contributed by atoms with E-state index >= 15 is 0 Å². The number of pyridine rings is 1. The molecular weight excluding hydrogens is 413 g/mol. The summed E-state index contributed by atoms with van der Waals surface area (Å²) in [6.07, 6.45) is 1.20. The number of hydrogen-bond acceptors (Lipinski definition) is 4. The van der Waals surface area contributed by atoms with E-state index in [0.717, 1.165) is 0 Å². The number of methoxy groups -OCH3 is 1. The van der Waals surface area contributed by atoms with Crippen molar-refractivity contribution in [1.82, 2.24) is 4.98 Å². The Morgan fingerprint density at radius 3 is 2.45 bits per heavy atom. The number of rotatable bonds is 4. The number of benzene rings is 3. The van der Waals surface area contributed by atoms with E-state index in [1.807, 2.05) is 0 Å². The van der Waals surface area contributed by atoms with E-state index < -0.39 is 15.7 Å². The molecule has 0 saturated heterocycles. The van der Waals surface area contributed by atoms with Gasteiger partial charge in [0.2, 0.25) is 9.84 Å². The number of nitrogens with zero attached hydrogens (tertiary/aromatic N) is 1. The zero-order valence-corrected chi connectivity index (χ0v) is 16.8. The second kappa shape index (κ2) is 7.46. The number of fused-ring (bicyclic) bond motifs is 1. The van der Waals surface area contributed by atoms with Crippen LogP contribution < -0.4 is 4.74 Å². The molecule has 7 heteroatoms. The van der Waals surface area contributed by atoms with Gasteiger partial charge in [-0.1, -0.05) is 41.9 Å². The maximum atomic E-state index is 14.3. The minimum absolute atomic E-state index is 0.0221. The maximum absolute atomic E-state index is 14.3. The third-order valence-electron chi connectivity index (χ3n) is 4.59. The molecule has 0 aliphatic rings. The quantitative estimate of drug-likeness (QED) is 0.429. The first-order valence-electron chi connectivity index (χ1n) is 8.64. The van der Waals surface area contributed by atoms with E-state index in [2.05, 4.69) is 4.98 Å². The summed E-state index contributed by atoms with van der Waals surface area (Å²) in [7, 11) is -2.50. The van der Waals surface area contributed by atoms with Gasteiger partial charge in [0.15, 0.2) is 0 Å². The first kappa shape index (κ1) is 19.4. The van der Waals surface area contributed by atoms with Crippen LogP contribution in [0.2, 0.25) is 5.02 Å². The molecule has 0 fully saturated rings. The molecule has 0 unspecified atom stereocenters. The van der Waals surface area contributed by atoms with Crippen molar-refractivity contribution < 1.29 is 17.5 Å². The minimum atomic E-state index is -3.96. The highest BCUT2D eigenvalue weighted by atomic mass is 35.5. The third kappa shape index (κ3) is 3.45. The maximum Gasteiger partial charge on any atom is 0.208 e. The molecule has 146 valence electrons. The van der Waals surface area contributed by atoms with Gasteiger partial charge < -0.3 is 4.74 Å². The summed E-state index contributed by atoms with van der Waals surface area (Å²) in [5.41, 5.74) is 1.06. The van der Waals surface area contributed by atoms with Crippen LogP contribution in [0.5, 0.6) is 5.75 Å². The Morgan fingerprint density at radius 1 is 1.00 bits per heavy atom. The zero-order valence-electron chi connectivity index (χ0n) is 15.3. The molecule has 0 aliphatic carbocycles. The van der Waals surface area contributed by atoms with Crippen molar-refractivity contribution in [3.63, 3.8) is 0 Å². The first-order valence-corrected chi connectivity index (χ1v) is 10.5. The molecule has 0 atom stereocenters. The van der Waals surface area contributed by atoms with Crippen LogP contribution >= 0.6 is 11.6 Å². The molecule has 0 aliphatic heterocycles. The van der Waals surface area contributed by atoms with Crippen LogP contribution in [-0.2, 0) is 9.84 Å². The predicted octanol–water partition coefficient (Wildman–Crippen LogP) is 5.54. The van der Waals surface area contributed by atoms with Crippen molar-refractivity contribution in [2.45, 2.75) is 9.79 Å². The largest absolute Gasteiger partial charge is 0.497 e. The molecule has 0 saturated carbocycles. The standard InChI is InChI=1S/C22H15ClFNO3S/c1-28-16-4-2-5-17(12-16)29(26,27)20-13-25-22-18(6-3-7-19(22)24)21(20)14-8-10-15(23)11-9-14/h2-13H,1H3. The van der Waals surface area contributed by atoms with Gasteiger partial charge in [0, 0.05) is 22.2 Å². The molecule has 1 aromatic heterocycles. The Labute approximate surface area is 172 Å². The second-order valence-electron chi connectivity index (χ2n) is 6.32. The van der Waals surface area contributed by atoms with E-state index in [1.165, 1.54) is 37.6 Å². The van der Waals surface area contributed by atoms with Gasteiger partial charge in [-0.3, -0.25) is 4.98 Å². The lowest BCUT2D eigenvalue weighted by Gasteiger charge is -2.14. The van der Waals surface area contributed by atoms with Crippen LogP contribution in [0.1, 0.15) is 0 Å². The molecule has 29 heavy (non-hydrogen) atoms. The number of para-hydroxylation sites is 1. The third-order valence-corrected chi connectivity index (χ3v) is 6.60. The molecule has 0 bridgehead atoms. The van der Waals surface area contributed by atoms with Crippen molar-refractivity contribution in [1.29, 1.82) is 0 Å². The van der Waals surface area contributed by atoms with Crippen molar-refractivity contribution >= 4 is 32.3 Å². The highest BCUT2D eigenvalue weighted by Gasteiger charge is 2.25. The van der Waals surface area contributed by atoms with Crippen molar-refractivity contribution in [2.24, 2.45) is 0 Å². The van der Waals surface area contributed by atoms with Crippen LogP contribution in [-0.4, -0.2) is 20.5 Å². The summed E-state index contributed by atoms with van der Waals surface area (Å²) in [5, 5.41) is 0.909. The van der Waals surface area contributed by atoms with Crippen molar-refractivity contribution in [3.8, 4) is 16.9 Å². The molecule has 4 rings (SSSR count). The molecule has 3 aromatic carbocycles. The lowest BCUT2D eigenvalue weighted by Crippen LogP contribution is -2.06. The Bertz CT molecular complexity index is 1320. The Morgan fingerprint density at radius 2 is 1.72 bits per heavy atom. The van der Waals surface area contributed by atoms with Gasteiger partial charge in [-0.15, -0.1) is 0 Å². The summed E-state index contributed by atoms with van der Waals surface area (Å²) in [5.74, 6) is -0.109.